The van der Waals surface area contributed by atoms with Gasteiger partial charge in [0.2, 0.25) is 22.7 Å². The number of carbonyl (C=O) groups is 3. The van der Waals surface area contributed by atoms with E-state index in [1.807, 2.05) is 0 Å². The summed E-state index contributed by atoms with van der Waals surface area (Å²) in [6.45, 7) is 2.00. The van der Waals surface area contributed by atoms with Crippen LogP contribution in [0.2, 0.25) is 0 Å². The first kappa shape index (κ1) is 21.3. The highest BCUT2D eigenvalue weighted by Crippen LogP contribution is 2.25. The van der Waals surface area contributed by atoms with Gasteiger partial charge in [0.1, 0.15) is 0 Å². The molecule has 29 heavy (non-hydrogen) atoms. The Morgan fingerprint density at radius 2 is 1.86 bits per heavy atom. The number of nitrogens with one attached hydrogen (secondary N) is 2. The number of furan rings is 1. The molecule has 0 spiro atoms. The Hall–Kier alpha value is -2.40. The minimum absolute atomic E-state index is 0.0725. The molecular weight excluding hydrogens is 402 g/mol. The van der Waals surface area contributed by atoms with Crippen molar-refractivity contribution in [2.45, 2.75) is 43.7 Å². The number of ether oxygens (including phenoxy) is 1. The van der Waals surface area contributed by atoms with Crippen LogP contribution in [0.3, 0.4) is 0 Å². The zero-order chi connectivity index (χ0) is 21.0. The molecule has 0 unspecified atom stereocenters. The number of amides is 2. The second-order valence-electron chi connectivity index (χ2n) is 7.08. The fraction of sp³-hybridized carbons (Fsp3) is 0.611. The van der Waals surface area contributed by atoms with Crippen molar-refractivity contribution in [3.63, 3.8) is 0 Å². The van der Waals surface area contributed by atoms with Gasteiger partial charge in [-0.15, -0.1) is 0 Å². The summed E-state index contributed by atoms with van der Waals surface area (Å²) in [6.07, 6.45) is 2.62. The Morgan fingerprint density at radius 1 is 1.17 bits per heavy atom. The van der Waals surface area contributed by atoms with Crippen LogP contribution in [0.1, 0.15) is 43.2 Å². The van der Waals surface area contributed by atoms with Crippen LogP contribution in [0.15, 0.2) is 21.6 Å². The molecule has 1 aliphatic heterocycles. The number of hydrogen-bond acceptors (Lipinski definition) is 7. The highest BCUT2D eigenvalue weighted by atomic mass is 32.2. The fourth-order valence-electron chi connectivity index (χ4n) is 3.07. The minimum Gasteiger partial charge on any atom is -0.460 e. The van der Waals surface area contributed by atoms with Gasteiger partial charge < -0.3 is 19.8 Å². The van der Waals surface area contributed by atoms with Gasteiger partial charge in [-0.2, -0.15) is 4.31 Å². The summed E-state index contributed by atoms with van der Waals surface area (Å²) in [4.78, 5) is 35.6. The van der Waals surface area contributed by atoms with Crippen LogP contribution in [-0.4, -0.2) is 62.8 Å². The summed E-state index contributed by atoms with van der Waals surface area (Å²) < 4.78 is 36.6. The maximum Gasteiger partial charge on any atom is 0.374 e. The maximum atomic E-state index is 12.7. The van der Waals surface area contributed by atoms with E-state index >= 15 is 0 Å². The lowest BCUT2D eigenvalue weighted by Crippen LogP contribution is -2.45. The van der Waals surface area contributed by atoms with Gasteiger partial charge in [-0.1, -0.05) is 0 Å². The molecule has 1 aliphatic carbocycles. The van der Waals surface area contributed by atoms with Crippen molar-refractivity contribution >= 4 is 27.8 Å². The van der Waals surface area contributed by atoms with Crippen LogP contribution in [0.25, 0.3) is 0 Å². The number of sulfonamides is 1. The lowest BCUT2D eigenvalue weighted by atomic mass is 9.97. The predicted molar refractivity (Wildman–Crippen MR) is 100 cm³/mol. The molecule has 2 N–H and O–H groups in total. The van der Waals surface area contributed by atoms with Crippen molar-refractivity contribution < 1.29 is 32.0 Å². The molecule has 2 amide bonds. The first-order valence-electron chi connectivity index (χ1n) is 9.65. The molecule has 160 valence electrons. The van der Waals surface area contributed by atoms with Crippen LogP contribution >= 0.6 is 0 Å². The van der Waals surface area contributed by atoms with E-state index in [1.165, 1.54) is 16.4 Å². The van der Waals surface area contributed by atoms with E-state index in [9.17, 15) is 22.8 Å². The van der Waals surface area contributed by atoms with Crippen molar-refractivity contribution in [2.75, 3.05) is 26.2 Å². The summed E-state index contributed by atoms with van der Waals surface area (Å²) in [5.41, 5.74) is 0. The molecule has 10 nitrogen and oxygen atoms in total. The topological polar surface area (TPSA) is 135 Å². The predicted octanol–water partition coefficient (Wildman–Crippen LogP) is 0.252. The Balaban J connectivity index is 1.50. The molecule has 1 saturated carbocycles. The van der Waals surface area contributed by atoms with Crippen molar-refractivity contribution in [1.29, 1.82) is 0 Å². The Morgan fingerprint density at radius 3 is 2.48 bits per heavy atom. The number of carbonyl (C=O) groups excluding carboxylic acids is 3. The third kappa shape index (κ3) is 5.36. The van der Waals surface area contributed by atoms with E-state index < -0.39 is 16.0 Å². The smallest absolute Gasteiger partial charge is 0.374 e. The first-order chi connectivity index (χ1) is 13.8. The van der Waals surface area contributed by atoms with Gasteiger partial charge in [-0.05, 0) is 44.7 Å². The molecule has 2 aliphatic rings. The van der Waals surface area contributed by atoms with Crippen molar-refractivity contribution in [1.82, 2.24) is 14.9 Å². The van der Waals surface area contributed by atoms with Crippen LogP contribution < -0.4 is 10.6 Å². The molecule has 2 heterocycles. The van der Waals surface area contributed by atoms with Crippen molar-refractivity contribution in [2.24, 2.45) is 5.92 Å². The Labute approximate surface area is 169 Å². The summed E-state index contributed by atoms with van der Waals surface area (Å²) in [5, 5.41) is 5.07. The van der Waals surface area contributed by atoms with Gasteiger partial charge in [-0.3, -0.25) is 9.59 Å². The van der Waals surface area contributed by atoms with Crippen molar-refractivity contribution in [3.05, 3.63) is 17.9 Å². The van der Waals surface area contributed by atoms with Crippen LogP contribution in [0.4, 0.5) is 0 Å². The van der Waals surface area contributed by atoms with E-state index in [0.717, 1.165) is 12.8 Å². The minimum atomic E-state index is -3.91. The summed E-state index contributed by atoms with van der Waals surface area (Å²) in [7, 11) is -3.91. The van der Waals surface area contributed by atoms with E-state index in [4.69, 9.17) is 9.15 Å². The number of esters is 1. The van der Waals surface area contributed by atoms with E-state index in [0.29, 0.717) is 12.8 Å². The first-order valence-corrected chi connectivity index (χ1v) is 11.1. The third-order valence-electron chi connectivity index (χ3n) is 4.84. The van der Waals surface area contributed by atoms with Gasteiger partial charge in [-0.25, -0.2) is 13.2 Å². The number of rotatable bonds is 8. The number of nitrogens with zero attached hydrogens (tertiary/aromatic N) is 1. The highest BCUT2D eigenvalue weighted by Gasteiger charge is 2.34. The molecular formula is C18H25N3O7S. The van der Waals surface area contributed by atoms with Gasteiger partial charge >= 0.3 is 5.97 Å². The van der Waals surface area contributed by atoms with Gasteiger partial charge in [0.05, 0.1) is 13.2 Å². The van der Waals surface area contributed by atoms with Crippen LogP contribution in [-0.2, 0) is 24.3 Å². The molecule has 1 aromatic rings. The molecule has 2 fully saturated rings. The van der Waals surface area contributed by atoms with Gasteiger partial charge in [0.25, 0.3) is 10.0 Å². The van der Waals surface area contributed by atoms with E-state index in [-0.39, 0.29) is 60.9 Å². The molecule has 1 aromatic heterocycles. The zero-order valence-electron chi connectivity index (χ0n) is 16.2. The maximum absolute atomic E-state index is 12.7. The molecule has 0 aromatic carbocycles. The number of hydrogen-bond donors (Lipinski definition) is 2. The molecule has 0 bridgehead atoms. The van der Waals surface area contributed by atoms with E-state index in [1.54, 1.807) is 6.92 Å². The van der Waals surface area contributed by atoms with Gasteiger partial charge in [0.15, 0.2) is 0 Å². The quantitative estimate of drug-likeness (QED) is 0.568. The van der Waals surface area contributed by atoms with Crippen molar-refractivity contribution in [3.8, 4) is 0 Å². The van der Waals surface area contributed by atoms with E-state index in [2.05, 4.69) is 10.6 Å². The zero-order valence-corrected chi connectivity index (χ0v) is 17.0. The standard InChI is InChI=1S/C18H25N3O7S/c1-2-27-18(24)14-5-6-16(28-14)29(25,26)21-9-7-12(8-10-21)17(23)19-11-15(22)20-13-3-4-13/h5-6,12-13H,2-4,7-11H2,1H3,(H,19,23)(H,20,22). The highest BCUT2D eigenvalue weighted by molar-refractivity contribution is 7.89. The third-order valence-corrected chi connectivity index (χ3v) is 6.62. The monoisotopic (exact) mass is 427 g/mol. The second-order valence-corrected chi connectivity index (χ2v) is 8.95. The fourth-order valence-corrected chi connectivity index (χ4v) is 4.46. The largest absolute Gasteiger partial charge is 0.460 e. The molecule has 3 rings (SSSR count). The van der Waals surface area contributed by atoms with Crippen LogP contribution in [0.5, 0.6) is 0 Å². The summed E-state index contributed by atoms with van der Waals surface area (Å²) in [6, 6.07) is 2.72. The average molecular weight is 427 g/mol. The second kappa shape index (κ2) is 8.95. The Kier molecular flexibility index (Phi) is 6.58. The van der Waals surface area contributed by atoms with Crippen LogP contribution in [0, 0.1) is 5.92 Å². The lowest BCUT2D eigenvalue weighted by molar-refractivity contribution is -0.129. The molecule has 0 radical (unpaired) electrons. The Bertz CT molecular complexity index is 868. The molecule has 0 atom stereocenters. The summed E-state index contributed by atoms with van der Waals surface area (Å²) in [5.74, 6) is -1.73. The summed E-state index contributed by atoms with van der Waals surface area (Å²) >= 11 is 0. The lowest BCUT2D eigenvalue weighted by Gasteiger charge is -2.29. The normalized spacial score (nSPS) is 18.2. The molecule has 11 heteroatoms. The molecule has 1 saturated heterocycles. The number of piperidine rings is 1. The SMILES string of the molecule is CCOC(=O)c1ccc(S(=O)(=O)N2CCC(C(=O)NCC(=O)NC3CC3)CC2)o1. The average Bonchev–Trinajstić information content (AvgIpc) is 3.36. The van der Waals surface area contributed by atoms with Gasteiger partial charge in [0, 0.05) is 25.0 Å².